The Morgan fingerprint density at radius 1 is 1.67 bits per heavy atom. The quantitative estimate of drug-likeness (QED) is 0.750. The number of ether oxygens (including phenoxy) is 1. The zero-order valence-corrected chi connectivity index (χ0v) is 9.56. The van der Waals surface area contributed by atoms with Gasteiger partial charge in [-0.05, 0) is 20.8 Å². The SMILES string of the molecule is COC(C)CNC(=O)C(C)(C)Br. The summed E-state index contributed by atoms with van der Waals surface area (Å²) in [5, 5.41) is 2.76. The molecule has 0 saturated heterocycles. The smallest absolute Gasteiger partial charge is 0.236 e. The molecule has 0 saturated carbocycles. The molecule has 1 unspecified atom stereocenters. The van der Waals surface area contributed by atoms with Crippen molar-refractivity contribution in [1.82, 2.24) is 5.32 Å². The molecule has 0 aliphatic heterocycles. The molecule has 0 rings (SSSR count). The van der Waals surface area contributed by atoms with Crippen molar-refractivity contribution in [3.8, 4) is 0 Å². The van der Waals surface area contributed by atoms with Crippen LogP contribution in [0.3, 0.4) is 0 Å². The number of alkyl halides is 1. The lowest BCUT2D eigenvalue weighted by atomic mass is 10.2. The fraction of sp³-hybridized carbons (Fsp3) is 0.875. The van der Waals surface area contributed by atoms with Gasteiger partial charge in [0.15, 0.2) is 0 Å². The molecule has 0 bridgehead atoms. The third kappa shape index (κ3) is 4.72. The van der Waals surface area contributed by atoms with E-state index in [1.54, 1.807) is 21.0 Å². The molecule has 0 aliphatic carbocycles. The average molecular weight is 238 g/mol. The van der Waals surface area contributed by atoms with Crippen LogP contribution in [-0.4, -0.2) is 30.0 Å². The average Bonchev–Trinajstić information content (AvgIpc) is 1.97. The van der Waals surface area contributed by atoms with E-state index >= 15 is 0 Å². The summed E-state index contributed by atoms with van der Waals surface area (Å²) in [6, 6.07) is 0. The summed E-state index contributed by atoms with van der Waals surface area (Å²) < 4.78 is 4.48. The first-order chi connectivity index (χ1) is 5.38. The highest BCUT2D eigenvalue weighted by molar-refractivity contribution is 9.10. The van der Waals surface area contributed by atoms with E-state index in [4.69, 9.17) is 4.74 Å². The number of nitrogens with one attached hydrogen (secondary N) is 1. The van der Waals surface area contributed by atoms with Crippen LogP contribution in [0.1, 0.15) is 20.8 Å². The van der Waals surface area contributed by atoms with Crippen molar-refractivity contribution in [2.75, 3.05) is 13.7 Å². The first kappa shape index (κ1) is 11.9. The Morgan fingerprint density at radius 2 is 2.17 bits per heavy atom. The minimum absolute atomic E-state index is 0.0219. The molecule has 0 aliphatic rings. The van der Waals surface area contributed by atoms with Crippen LogP contribution in [-0.2, 0) is 9.53 Å². The Labute approximate surface area is 82.0 Å². The van der Waals surface area contributed by atoms with E-state index < -0.39 is 4.32 Å². The van der Waals surface area contributed by atoms with Gasteiger partial charge in [0.05, 0.1) is 10.4 Å². The fourth-order valence-electron chi connectivity index (χ4n) is 0.530. The molecule has 0 aromatic heterocycles. The second-order valence-corrected chi connectivity index (χ2v) is 5.21. The standard InChI is InChI=1S/C8H16BrNO2/c1-6(12-4)5-10-7(11)8(2,3)9/h6H,5H2,1-4H3,(H,10,11). The van der Waals surface area contributed by atoms with Crippen LogP contribution in [0, 0.1) is 0 Å². The fourth-order valence-corrected chi connectivity index (χ4v) is 0.670. The van der Waals surface area contributed by atoms with Gasteiger partial charge in [-0.25, -0.2) is 0 Å². The largest absolute Gasteiger partial charge is 0.380 e. The van der Waals surface area contributed by atoms with E-state index in [-0.39, 0.29) is 12.0 Å². The summed E-state index contributed by atoms with van der Waals surface area (Å²) in [4.78, 5) is 11.3. The summed E-state index contributed by atoms with van der Waals surface area (Å²) in [6.45, 7) is 6.06. The molecule has 0 fully saturated rings. The molecule has 1 amide bonds. The molecule has 1 atom stereocenters. The summed E-state index contributed by atoms with van der Waals surface area (Å²) >= 11 is 3.26. The van der Waals surface area contributed by atoms with Crippen molar-refractivity contribution in [2.24, 2.45) is 0 Å². The highest BCUT2D eigenvalue weighted by Gasteiger charge is 2.23. The Morgan fingerprint density at radius 3 is 2.50 bits per heavy atom. The number of methoxy groups -OCH3 is 1. The van der Waals surface area contributed by atoms with Crippen LogP contribution in [0.4, 0.5) is 0 Å². The van der Waals surface area contributed by atoms with Gasteiger partial charge in [0.1, 0.15) is 0 Å². The van der Waals surface area contributed by atoms with E-state index in [1.807, 2.05) is 6.92 Å². The zero-order valence-electron chi connectivity index (χ0n) is 7.98. The molecule has 1 N–H and O–H groups in total. The molecule has 0 aromatic carbocycles. The number of amides is 1. The maximum Gasteiger partial charge on any atom is 0.236 e. The van der Waals surface area contributed by atoms with E-state index in [0.29, 0.717) is 6.54 Å². The van der Waals surface area contributed by atoms with Gasteiger partial charge in [0.25, 0.3) is 0 Å². The third-order valence-electron chi connectivity index (χ3n) is 1.49. The van der Waals surface area contributed by atoms with Gasteiger partial charge in [-0.15, -0.1) is 0 Å². The minimum Gasteiger partial charge on any atom is -0.380 e. The summed E-state index contributed by atoms with van der Waals surface area (Å²) in [7, 11) is 1.62. The van der Waals surface area contributed by atoms with Crippen molar-refractivity contribution in [2.45, 2.75) is 31.2 Å². The molecule has 0 heterocycles. The Kier molecular flexibility index (Phi) is 4.78. The predicted molar refractivity (Wildman–Crippen MR) is 52.5 cm³/mol. The van der Waals surface area contributed by atoms with Gasteiger partial charge in [0, 0.05) is 13.7 Å². The zero-order chi connectivity index (χ0) is 9.78. The normalized spacial score (nSPS) is 14.1. The molecule has 4 heteroatoms. The Balaban J connectivity index is 3.73. The lowest BCUT2D eigenvalue weighted by Gasteiger charge is -2.17. The predicted octanol–water partition coefficient (Wildman–Crippen LogP) is 1.31. The lowest BCUT2D eigenvalue weighted by molar-refractivity contribution is -0.123. The van der Waals surface area contributed by atoms with Crippen LogP contribution >= 0.6 is 15.9 Å². The second-order valence-electron chi connectivity index (χ2n) is 3.23. The van der Waals surface area contributed by atoms with Crippen LogP contribution in [0.15, 0.2) is 0 Å². The van der Waals surface area contributed by atoms with E-state index in [0.717, 1.165) is 0 Å². The van der Waals surface area contributed by atoms with Crippen molar-refractivity contribution in [3.05, 3.63) is 0 Å². The van der Waals surface area contributed by atoms with Gasteiger partial charge in [0.2, 0.25) is 5.91 Å². The van der Waals surface area contributed by atoms with Gasteiger partial charge in [-0.1, -0.05) is 15.9 Å². The number of carbonyl (C=O) groups excluding carboxylic acids is 1. The van der Waals surface area contributed by atoms with Crippen LogP contribution in [0.2, 0.25) is 0 Å². The van der Waals surface area contributed by atoms with Gasteiger partial charge in [-0.2, -0.15) is 0 Å². The van der Waals surface area contributed by atoms with E-state index in [2.05, 4.69) is 21.2 Å². The molecule has 72 valence electrons. The number of halogens is 1. The molecular formula is C8H16BrNO2. The topological polar surface area (TPSA) is 38.3 Å². The number of rotatable bonds is 4. The van der Waals surface area contributed by atoms with Crippen molar-refractivity contribution >= 4 is 21.8 Å². The molecule has 3 nitrogen and oxygen atoms in total. The van der Waals surface area contributed by atoms with Crippen LogP contribution in [0.5, 0.6) is 0 Å². The van der Waals surface area contributed by atoms with E-state index in [1.165, 1.54) is 0 Å². The first-order valence-electron chi connectivity index (χ1n) is 3.88. The molecule has 0 radical (unpaired) electrons. The van der Waals surface area contributed by atoms with Crippen molar-refractivity contribution in [3.63, 3.8) is 0 Å². The number of carbonyl (C=O) groups is 1. The maximum absolute atomic E-state index is 11.3. The van der Waals surface area contributed by atoms with Gasteiger partial charge >= 0.3 is 0 Å². The highest BCUT2D eigenvalue weighted by atomic mass is 79.9. The summed E-state index contributed by atoms with van der Waals surface area (Å²) in [6.07, 6.45) is 0.0591. The Bertz CT molecular complexity index is 154. The summed E-state index contributed by atoms with van der Waals surface area (Å²) in [5.41, 5.74) is 0. The van der Waals surface area contributed by atoms with Crippen LogP contribution in [0.25, 0.3) is 0 Å². The second kappa shape index (κ2) is 4.82. The monoisotopic (exact) mass is 237 g/mol. The third-order valence-corrected chi connectivity index (χ3v) is 1.85. The number of hydrogen-bond acceptors (Lipinski definition) is 2. The molecule has 12 heavy (non-hydrogen) atoms. The van der Waals surface area contributed by atoms with Crippen molar-refractivity contribution < 1.29 is 9.53 Å². The molecule has 0 aromatic rings. The lowest BCUT2D eigenvalue weighted by Crippen LogP contribution is -2.41. The van der Waals surface area contributed by atoms with Gasteiger partial charge < -0.3 is 10.1 Å². The van der Waals surface area contributed by atoms with Gasteiger partial charge in [-0.3, -0.25) is 4.79 Å². The number of hydrogen-bond donors (Lipinski definition) is 1. The minimum atomic E-state index is -0.500. The molecular weight excluding hydrogens is 222 g/mol. The Hall–Kier alpha value is -0.0900. The van der Waals surface area contributed by atoms with Crippen LogP contribution < -0.4 is 5.32 Å². The van der Waals surface area contributed by atoms with Crippen molar-refractivity contribution in [1.29, 1.82) is 0 Å². The highest BCUT2D eigenvalue weighted by Crippen LogP contribution is 2.14. The maximum atomic E-state index is 11.3. The first-order valence-corrected chi connectivity index (χ1v) is 4.67. The molecule has 0 spiro atoms. The van der Waals surface area contributed by atoms with E-state index in [9.17, 15) is 4.79 Å². The summed E-state index contributed by atoms with van der Waals surface area (Å²) in [5.74, 6) is -0.0219.